The molecule has 3 atom stereocenters. The summed E-state index contributed by atoms with van der Waals surface area (Å²) in [6.45, 7) is 0.752. The molecule has 2 N–H and O–H groups in total. The second-order valence-corrected chi connectivity index (χ2v) is 7.96. The molecule has 0 fully saturated rings. The van der Waals surface area contributed by atoms with Crippen molar-refractivity contribution in [1.82, 2.24) is 20.1 Å². The van der Waals surface area contributed by atoms with Gasteiger partial charge in [0.05, 0.1) is 18.7 Å². The summed E-state index contributed by atoms with van der Waals surface area (Å²) < 4.78 is 6.91. The number of hydrogen-bond donors (Lipinski definition) is 2. The fraction of sp³-hybridized carbons (Fsp3) is 0.292. The maximum absolute atomic E-state index is 13.4. The molecule has 5 rings (SSSR count). The van der Waals surface area contributed by atoms with E-state index in [1.165, 1.54) is 11.9 Å². The molecule has 1 aliphatic carbocycles. The number of rotatable bonds is 4. The highest BCUT2D eigenvalue weighted by Gasteiger charge is 2.42. The van der Waals surface area contributed by atoms with Crippen molar-refractivity contribution >= 4 is 5.78 Å². The molecule has 0 saturated carbocycles. The third-order valence-corrected chi connectivity index (χ3v) is 6.31. The highest BCUT2D eigenvalue weighted by Crippen LogP contribution is 2.45. The van der Waals surface area contributed by atoms with E-state index in [2.05, 4.69) is 21.5 Å². The molecule has 0 spiro atoms. The lowest BCUT2D eigenvalue weighted by molar-refractivity contribution is -0.117. The number of ketones is 1. The Labute approximate surface area is 180 Å². The minimum Gasteiger partial charge on any atom is -0.510 e. The van der Waals surface area contributed by atoms with Crippen LogP contribution in [0.1, 0.15) is 41.1 Å². The van der Waals surface area contributed by atoms with Crippen LogP contribution in [-0.2, 0) is 11.2 Å². The van der Waals surface area contributed by atoms with E-state index in [1.807, 2.05) is 42.5 Å². The number of allylic oxidation sites excluding steroid dienone is 1. The van der Waals surface area contributed by atoms with Gasteiger partial charge in [0, 0.05) is 18.9 Å². The largest absolute Gasteiger partial charge is 0.510 e. The molecular weight excluding hydrogens is 392 g/mol. The molecule has 7 heteroatoms. The van der Waals surface area contributed by atoms with Crippen LogP contribution in [0.25, 0.3) is 0 Å². The molecule has 31 heavy (non-hydrogen) atoms. The number of aliphatic hydroxyl groups is 1. The Hall–Kier alpha value is -3.45. The Morgan fingerprint density at radius 2 is 1.97 bits per heavy atom. The number of methoxy groups -OCH3 is 1. The summed E-state index contributed by atoms with van der Waals surface area (Å²) in [7, 11) is 1.62. The van der Waals surface area contributed by atoms with E-state index in [-0.39, 0.29) is 29.9 Å². The first kappa shape index (κ1) is 19.5. The summed E-state index contributed by atoms with van der Waals surface area (Å²) in [5, 5.41) is 19.2. The molecule has 0 radical (unpaired) electrons. The third kappa shape index (κ3) is 3.41. The van der Waals surface area contributed by atoms with Crippen LogP contribution >= 0.6 is 0 Å². The number of ether oxygens (including phenoxy) is 1. The number of fused-ring (bicyclic) bond motifs is 1. The molecule has 2 heterocycles. The van der Waals surface area contributed by atoms with Crippen LogP contribution in [0.2, 0.25) is 0 Å². The van der Waals surface area contributed by atoms with Gasteiger partial charge in [-0.3, -0.25) is 4.79 Å². The first-order valence-electron chi connectivity index (χ1n) is 10.4. The van der Waals surface area contributed by atoms with E-state index in [0.717, 1.165) is 29.8 Å². The molecule has 0 amide bonds. The Kier molecular flexibility index (Phi) is 5.03. The van der Waals surface area contributed by atoms with E-state index < -0.39 is 6.04 Å². The van der Waals surface area contributed by atoms with Crippen molar-refractivity contribution in [3.8, 4) is 5.75 Å². The van der Waals surface area contributed by atoms with Gasteiger partial charge in [0.25, 0.3) is 0 Å². The van der Waals surface area contributed by atoms with Crippen molar-refractivity contribution in [2.75, 3.05) is 13.7 Å². The van der Waals surface area contributed by atoms with Crippen LogP contribution < -0.4 is 10.1 Å². The van der Waals surface area contributed by atoms with Gasteiger partial charge < -0.3 is 15.2 Å². The number of nitrogens with zero attached hydrogens (tertiary/aromatic N) is 3. The lowest BCUT2D eigenvalue weighted by atomic mass is 9.75. The highest BCUT2D eigenvalue weighted by molar-refractivity contribution is 5.99. The minimum atomic E-state index is -0.514. The maximum atomic E-state index is 13.4. The summed E-state index contributed by atoms with van der Waals surface area (Å²) in [6.07, 6.45) is 4.21. The molecule has 0 bridgehead atoms. The molecule has 7 nitrogen and oxygen atoms in total. The van der Waals surface area contributed by atoms with Crippen molar-refractivity contribution in [1.29, 1.82) is 0 Å². The Morgan fingerprint density at radius 3 is 2.71 bits per heavy atom. The number of hydrogen-bond acceptors (Lipinski definition) is 6. The van der Waals surface area contributed by atoms with Gasteiger partial charge in [-0.05, 0) is 35.2 Å². The van der Waals surface area contributed by atoms with Crippen LogP contribution in [0.3, 0.4) is 0 Å². The summed E-state index contributed by atoms with van der Waals surface area (Å²) in [5.41, 5.74) is 3.62. The average Bonchev–Trinajstić information content (AvgIpc) is 3.33. The zero-order valence-electron chi connectivity index (χ0n) is 17.2. The molecular formula is C24H24N4O3. The van der Waals surface area contributed by atoms with Gasteiger partial charge in [-0.15, -0.1) is 0 Å². The van der Waals surface area contributed by atoms with E-state index in [4.69, 9.17) is 4.74 Å². The van der Waals surface area contributed by atoms with Gasteiger partial charge in [-0.1, -0.05) is 36.4 Å². The van der Waals surface area contributed by atoms with Gasteiger partial charge in [-0.2, -0.15) is 5.10 Å². The van der Waals surface area contributed by atoms with Crippen molar-refractivity contribution in [3.05, 3.63) is 89.2 Å². The van der Waals surface area contributed by atoms with Gasteiger partial charge in [-0.25, -0.2) is 9.67 Å². The van der Waals surface area contributed by atoms with Gasteiger partial charge in [0.2, 0.25) is 0 Å². The third-order valence-electron chi connectivity index (χ3n) is 6.31. The Morgan fingerprint density at radius 1 is 1.16 bits per heavy atom. The second kappa shape index (κ2) is 8.00. The molecule has 0 saturated heterocycles. The van der Waals surface area contributed by atoms with Crippen LogP contribution in [0.4, 0.5) is 0 Å². The zero-order chi connectivity index (χ0) is 21.4. The number of nitrogens with one attached hydrogen (secondary N) is 1. The molecule has 158 valence electrons. The van der Waals surface area contributed by atoms with Crippen molar-refractivity contribution in [2.45, 2.75) is 30.8 Å². The summed E-state index contributed by atoms with van der Waals surface area (Å²) in [4.78, 5) is 17.5. The van der Waals surface area contributed by atoms with Gasteiger partial charge in [0.15, 0.2) is 5.78 Å². The van der Waals surface area contributed by atoms with Crippen molar-refractivity contribution in [3.63, 3.8) is 0 Å². The lowest BCUT2D eigenvalue weighted by Gasteiger charge is -2.36. The normalized spacial score (nSPS) is 23.5. The number of carbonyl (C=O) groups is 1. The highest BCUT2D eigenvalue weighted by atomic mass is 16.5. The molecule has 3 aromatic rings. The maximum Gasteiger partial charge on any atom is 0.164 e. The Bertz CT molecular complexity index is 1120. The number of aliphatic hydroxyl groups excluding tert-OH is 1. The Balaban J connectivity index is 1.62. The molecule has 0 unspecified atom stereocenters. The van der Waals surface area contributed by atoms with E-state index in [9.17, 15) is 9.90 Å². The topological polar surface area (TPSA) is 89.3 Å². The summed E-state index contributed by atoms with van der Waals surface area (Å²) >= 11 is 0. The number of aromatic nitrogens is 3. The van der Waals surface area contributed by atoms with Gasteiger partial charge in [0.1, 0.15) is 30.2 Å². The van der Waals surface area contributed by atoms with E-state index in [0.29, 0.717) is 5.57 Å². The predicted molar refractivity (Wildman–Crippen MR) is 115 cm³/mol. The fourth-order valence-electron chi connectivity index (χ4n) is 4.81. The van der Waals surface area contributed by atoms with E-state index >= 15 is 0 Å². The lowest BCUT2D eigenvalue weighted by Crippen LogP contribution is -2.38. The first-order valence-corrected chi connectivity index (χ1v) is 10.4. The number of carbonyl (C=O) groups excluding carboxylic acids is 1. The summed E-state index contributed by atoms with van der Waals surface area (Å²) in [5.74, 6) is 0.481. The number of Topliss-reactive ketones (excluding diaryl/α,β-unsaturated/α-hetero) is 1. The van der Waals surface area contributed by atoms with Gasteiger partial charge >= 0.3 is 0 Å². The minimum absolute atomic E-state index is 0.0520. The fourth-order valence-corrected chi connectivity index (χ4v) is 4.81. The first-order chi connectivity index (χ1) is 15.2. The predicted octanol–water partition coefficient (Wildman–Crippen LogP) is 3.28. The van der Waals surface area contributed by atoms with Crippen LogP contribution in [0.15, 0.2) is 72.5 Å². The molecule has 2 aliphatic rings. The SMILES string of the molecule is COc1ccc([C@@H]2CC(=O)C([C@H]3NCCc4ccccc43)=C(O)[C@H]2n2cncn2)cc1. The molecule has 1 aliphatic heterocycles. The monoisotopic (exact) mass is 416 g/mol. The van der Waals surface area contributed by atoms with E-state index in [1.54, 1.807) is 18.1 Å². The zero-order valence-corrected chi connectivity index (χ0v) is 17.2. The molecule has 2 aromatic carbocycles. The molecule has 1 aromatic heterocycles. The van der Waals surface area contributed by atoms with Crippen molar-refractivity contribution < 1.29 is 14.6 Å². The number of benzene rings is 2. The van der Waals surface area contributed by atoms with Crippen LogP contribution in [0, 0.1) is 0 Å². The van der Waals surface area contributed by atoms with Crippen molar-refractivity contribution in [2.24, 2.45) is 0 Å². The average molecular weight is 416 g/mol. The smallest absolute Gasteiger partial charge is 0.164 e. The quantitative estimate of drug-likeness (QED) is 0.679. The van der Waals surface area contributed by atoms with Crippen LogP contribution in [-0.4, -0.2) is 39.3 Å². The second-order valence-electron chi connectivity index (χ2n) is 7.96. The summed E-state index contributed by atoms with van der Waals surface area (Å²) in [6, 6.07) is 14.9. The standard InChI is InChI=1S/C24H24N4O3/c1-31-17-8-6-16(7-9-17)19-12-20(29)21(24(30)23(19)28-14-25-13-27-28)22-18-5-3-2-4-15(18)10-11-26-22/h2-9,13-14,19,22-23,26,30H,10-12H2,1H3/t19-,22-,23-/m0/s1. The van der Waals surface area contributed by atoms with Crippen LogP contribution in [0.5, 0.6) is 5.75 Å².